The van der Waals surface area contributed by atoms with Gasteiger partial charge in [0, 0.05) is 6.54 Å². The highest BCUT2D eigenvalue weighted by atomic mass is 35.5. The minimum atomic E-state index is -0.459. The van der Waals surface area contributed by atoms with Crippen molar-refractivity contribution >= 4 is 29.9 Å². The Kier molecular flexibility index (Phi) is 6.59. The number of carbonyl (C=O) groups excluding carboxylic acids is 1. The third-order valence-corrected chi connectivity index (χ3v) is 3.52. The van der Waals surface area contributed by atoms with Gasteiger partial charge in [0.25, 0.3) is 0 Å². The normalized spacial score (nSPS) is 19.9. The van der Waals surface area contributed by atoms with Crippen LogP contribution >= 0.6 is 24.0 Å². The molecule has 112 valence electrons. The molecule has 1 aliphatic rings. The van der Waals surface area contributed by atoms with Gasteiger partial charge < -0.3 is 15.4 Å². The summed E-state index contributed by atoms with van der Waals surface area (Å²) in [7, 11) is 0. The molecule has 2 unspecified atom stereocenters. The molecule has 1 fully saturated rings. The zero-order chi connectivity index (χ0) is 13.8. The van der Waals surface area contributed by atoms with E-state index in [1.807, 2.05) is 18.2 Å². The van der Waals surface area contributed by atoms with Gasteiger partial charge in [0.2, 0.25) is 5.91 Å². The van der Waals surface area contributed by atoms with E-state index in [4.69, 9.17) is 22.1 Å². The minimum absolute atomic E-state index is 0. The topological polar surface area (TPSA) is 55.6 Å². The lowest BCUT2D eigenvalue weighted by Crippen LogP contribution is -2.49. The van der Waals surface area contributed by atoms with Crippen molar-refractivity contribution in [3.05, 3.63) is 29.3 Å². The number of hydrogen-bond acceptors (Lipinski definition) is 3. The van der Waals surface area contributed by atoms with Gasteiger partial charge in [-0.1, -0.05) is 23.7 Å². The Labute approximate surface area is 130 Å². The molecular weight excluding hydrogens is 299 g/mol. The van der Waals surface area contributed by atoms with Gasteiger partial charge in [-0.25, -0.2) is 0 Å². The standard InChI is InChI=1S/C14H19ClN2O2.ClH/c1-10(16)14(18)17-8-4-5-11(9-17)19-13-7-3-2-6-12(13)15;/h2-3,6-7,10-11H,4-5,8-9,16H2,1H3;1H. The fourth-order valence-electron chi connectivity index (χ4n) is 2.24. The second-order valence-corrected chi connectivity index (χ2v) is 5.29. The Bertz CT molecular complexity index is 455. The number of nitrogens with two attached hydrogens (primary N) is 1. The van der Waals surface area contributed by atoms with Crippen molar-refractivity contribution in [3.8, 4) is 5.75 Å². The van der Waals surface area contributed by atoms with Crippen LogP contribution in [0.5, 0.6) is 5.75 Å². The van der Waals surface area contributed by atoms with Crippen LogP contribution in [0.15, 0.2) is 24.3 Å². The van der Waals surface area contributed by atoms with E-state index in [1.165, 1.54) is 0 Å². The lowest BCUT2D eigenvalue weighted by molar-refractivity contribution is -0.134. The molecule has 1 aliphatic heterocycles. The lowest BCUT2D eigenvalue weighted by atomic mass is 10.1. The van der Waals surface area contributed by atoms with Crippen LogP contribution in [0.2, 0.25) is 5.02 Å². The van der Waals surface area contributed by atoms with Crippen LogP contribution in [-0.2, 0) is 4.79 Å². The molecule has 0 bridgehead atoms. The largest absolute Gasteiger partial charge is 0.487 e. The van der Waals surface area contributed by atoms with E-state index in [9.17, 15) is 4.79 Å². The summed E-state index contributed by atoms with van der Waals surface area (Å²) in [5, 5.41) is 0.596. The van der Waals surface area contributed by atoms with E-state index in [-0.39, 0.29) is 24.4 Å². The summed E-state index contributed by atoms with van der Waals surface area (Å²) in [6.07, 6.45) is 1.83. The maximum atomic E-state index is 11.9. The van der Waals surface area contributed by atoms with Gasteiger partial charge in [0.1, 0.15) is 11.9 Å². The number of ether oxygens (including phenoxy) is 1. The maximum absolute atomic E-state index is 11.9. The van der Waals surface area contributed by atoms with Crippen LogP contribution in [0.3, 0.4) is 0 Å². The molecule has 4 nitrogen and oxygen atoms in total. The third kappa shape index (κ3) is 4.27. The van der Waals surface area contributed by atoms with Crippen LogP contribution in [0, 0.1) is 0 Å². The summed E-state index contributed by atoms with van der Waals surface area (Å²) in [5.41, 5.74) is 5.64. The zero-order valence-corrected chi connectivity index (χ0v) is 13.0. The molecule has 0 spiro atoms. The molecular formula is C14H20Cl2N2O2. The van der Waals surface area contributed by atoms with E-state index in [0.717, 1.165) is 19.4 Å². The van der Waals surface area contributed by atoms with Crippen molar-refractivity contribution in [2.45, 2.75) is 31.9 Å². The highest BCUT2D eigenvalue weighted by Crippen LogP contribution is 2.26. The first-order valence-electron chi connectivity index (χ1n) is 6.53. The number of halogens is 2. The first-order chi connectivity index (χ1) is 9.08. The quantitative estimate of drug-likeness (QED) is 0.931. The average Bonchev–Trinajstić information content (AvgIpc) is 2.41. The van der Waals surface area contributed by atoms with Crippen LogP contribution in [-0.4, -0.2) is 36.0 Å². The van der Waals surface area contributed by atoms with E-state index in [0.29, 0.717) is 17.3 Å². The molecule has 0 saturated carbocycles. The number of rotatable bonds is 3. The van der Waals surface area contributed by atoms with Crippen molar-refractivity contribution in [1.29, 1.82) is 0 Å². The first kappa shape index (κ1) is 17.1. The smallest absolute Gasteiger partial charge is 0.239 e. The summed E-state index contributed by atoms with van der Waals surface area (Å²) < 4.78 is 5.88. The molecule has 20 heavy (non-hydrogen) atoms. The number of para-hydroxylation sites is 1. The fraction of sp³-hybridized carbons (Fsp3) is 0.500. The van der Waals surface area contributed by atoms with Crippen LogP contribution in [0.1, 0.15) is 19.8 Å². The van der Waals surface area contributed by atoms with E-state index < -0.39 is 6.04 Å². The van der Waals surface area contributed by atoms with Crippen molar-refractivity contribution in [2.75, 3.05) is 13.1 Å². The first-order valence-corrected chi connectivity index (χ1v) is 6.91. The number of hydrogen-bond donors (Lipinski definition) is 1. The summed E-state index contributed by atoms with van der Waals surface area (Å²) in [6, 6.07) is 6.93. The maximum Gasteiger partial charge on any atom is 0.239 e. The molecule has 2 atom stereocenters. The highest BCUT2D eigenvalue weighted by Gasteiger charge is 2.26. The van der Waals surface area contributed by atoms with Gasteiger partial charge in [-0.3, -0.25) is 4.79 Å². The van der Waals surface area contributed by atoms with Gasteiger partial charge in [0.15, 0.2) is 0 Å². The fourth-order valence-corrected chi connectivity index (χ4v) is 2.42. The third-order valence-electron chi connectivity index (χ3n) is 3.21. The molecule has 0 radical (unpaired) electrons. The predicted molar refractivity (Wildman–Crippen MR) is 82.6 cm³/mol. The average molecular weight is 319 g/mol. The van der Waals surface area contributed by atoms with Crippen molar-refractivity contribution in [2.24, 2.45) is 5.73 Å². The van der Waals surface area contributed by atoms with E-state index >= 15 is 0 Å². The Morgan fingerprint density at radius 2 is 2.20 bits per heavy atom. The number of amides is 1. The number of carbonyl (C=O) groups is 1. The molecule has 1 aromatic carbocycles. The van der Waals surface area contributed by atoms with Crippen molar-refractivity contribution in [3.63, 3.8) is 0 Å². The molecule has 0 aliphatic carbocycles. The number of benzene rings is 1. The molecule has 0 aromatic heterocycles. The van der Waals surface area contributed by atoms with Gasteiger partial charge >= 0.3 is 0 Å². The molecule has 1 amide bonds. The molecule has 1 heterocycles. The van der Waals surface area contributed by atoms with Gasteiger partial charge in [-0.15, -0.1) is 12.4 Å². The molecule has 2 N–H and O–H groups in total. The second-order valence-electron chi connectivity index (χ2n) is 4.89. The number of nitrogens with zero attached hydrogens (tertiary/aromatic N) is 1. The van der Waals surface area contributed by atoms with Crippen LogP contribution in [0.4, 0.5) is 0 Å². The van der Waals surface area contributed by atoms with Crippen LogP contribution < -0.4 is 10.5 Å². The zero-order valence-electron chi connectivity index (χ0n) is 11.4. The highest BCUT2D eigenvalue weighted by molar-refractivity contribution is 6.32. The Hall–Kier alpha value is -0.970. The Morgan fingerprint density at radius 1 is 1.50 bits per heavy atom. The summed E-state index contributed by atoms with van der Waals surface area (Å²) in [4.78, 5) is 13.7. The second kappa shape index (κ2) is 7.72. The van der Waals surface area contributed by atoms with Crippen molar-refractivity contribution in [1.82, 2.24) is 4.90 Å². The molecule has 2 rings (SSSR count). The summed E-state index contributed by atoms with van der Waals surface area (Å²) >= 11 is 6.07. The monoisotopic (exact) mass is 318 g/mol. The molecule has 6 heteroatoms. The predicted octanol–water partition coefficient (Wildman–Crippen LogP) is 2.48. The van der Waals surface area contributed by atoms with Gasteiger partial charge in [-0.05, 0) is 31.9 Å². The van der Waals surface area contributed by atoms with Crippen molar-refractivity contribution < 1.29 is 9.53 Å². The molecule has 1 aromatic rings. The Morgan fingerprint density at radius 3 is 2.85 bits per heavy atom. The van der Waals surface area contributed by atoms with E-state index in [2.05, 4.69) is 0 Å². The minimum Gasteiger partial charge on any atom is -0.487 e. The number of piperidine rings is 1. The Balaban J connectivity index is 0.00000200. The SMILES string of the molecule is CC(N)C(=O)N1CCCC(Oc2ccccc2Cl)C1.Cl. The summed E-state index contributed by atoms with van der Waals surface area (Å²) in [5.74, 6) is 0.650. The summed E-state index contributed by atoms with van der Waals surface area (Å²) in [6.45, 7) is 3.04. The van der Waals surface area contributed by atoms with E-state index in [1.54, 1.807) is 17.9 Å². The van der Waals surface area contributed by atoms with Gasteiger partial charge in [-0.2, -0.15) is 0 Å². The molecule has 1 saturated heterocycles. The van der Waals surface area contributed by atoms with Crippen LogP contribution in [0.25, 0.3) is 0 Å². The number of likely N-dealkylation sites (tertiary alicyclic amines) is 1. The van der Waals surface area contributed by atoms with Gasteiger partial charge in [0.05, 0.1) is 17.6 Å². The lowest BCUT2D eigenvalue weighted by Gasteiger charge is -2.34.